The van der Waals surface area contributed by atoms with E-state index >= 15 is 0 Å². The Morgan fingerprint density at radius 1 is 1.14 bits per heavy atom. The lowest BCUT2D eigenvalue weighted by molar-refractivity contribution is 0.494. The molecule has 1 aliphatic heterocycles. The molecule has 0 unspecified atom stereocenters. The zero-order chi connectivity index (χ0) is 15.3. The number of fused-ring (bicyclic) bond motifs is 2. The van der Waals surface area contributed by atoms with Crippen molar-refractivity contribution in [3.05, 3.63) is 46.0 Å². The van der Waals surface area contributed by atoms with E-state index in [2.05, 4.69) is 9.97 Å². The zero-order valence-corrected chi connectivity index (χ0v) is 11.5. The van der Waals surface area contributed by atoms with Gasteiger partial charge in [-0.2, -0.15) is 4.98 Å². The summed E-state index contributed by atoms with van der Waals surface area (Å²) in [5, 5.41) is 0. The maximum absolute atomic E-state index is 13.3. The van der Waals surface area contributed by atoms with Crippen LogP contribution in [0.1, 0.15) is 18.7 Å². The molecule has 0 N–H and O–H groups in total. The number of aromatic nitrogens is 3. The predicted octanol–water partition coefficient (Wildman–Crippen LogP) is 2.67. The third kappa shape index (κ3) is 1.93. The molecule has 3 heterocycles. The Morgan fingerprint density at radius 3 is 2.82 bits per heavy atom. The van der Waals surface area contributed by atoms with Crippen LogP contribution in [-0.2, 0) is 13.0 Å². The molecule has 0 radical (unpaired) electrons. The van der Waals surface area contributed by atoms with Crippen LogP contribution in [0.4, 0.5) is 8.78 Å². The molecule has 0 saturated carbocycles. The van der Waals surface area contributed by atoms with E-state index in [0.29, 0.717) is 18.8 Å². The van der Waals surface area contributed by atoms with Crippen LogP contribution in [0.25, 0.3) is 22.7 Å². The van der Waals surface area contributed by atoms with Crippen LogP contribution in [-0.4, -0.2) is 14.5 Å². The Balaban J connectivity index is 1.92. The van der Waals surface area contributed by atoms with Gasteiger partial charge in [0.25, 0.3) is 11.3 Å². The number of benzene rings is 1. The smallest absolute Gasteiger partial charge is 0.283 e. The number of rotatable bonds is 1. The summed E-state index contributed by atoms with van der Waals surface area (Å²) in [6, 6.07) is 3.32. The monoisotopic (exact) mass is 303 g/mol. The highest BCUT2D eigenvalue weighted by Crippen LogP contribution is 2.24. The summed E-state index contributed by atoms with van der Waals surface area (Å²) in [5.74, 6) is -1.21. The summed E-state index contributed by atoms with van der Waals surface area (Å²) in [5.41, 5.74) is 0.264. The summed E-state index contributed by atoms with van der Waals surface area (Å²) in [7, 11) is 0. The molecule has 7 heteroatoms. The van der Waals surface area contributed by atoms with Crippen molar-refractivity contribution in [1.29, 1.82) is 0 Å². The summed E-state index contributed by atoms with van der Waals surface area (Å²) >= 11 is 0. The van der Waals surface area contributed by atoms with Crippen molar-refractivity contribution in [3.63, 3.8) is 0 Å². The van der Waals surface area contributed by atoms with Crippen LogP contribution in [0.3, 0.4) is 0 Å². The number of hydrogen-bond acceptors (Lipinski definition) is 4. The first kappa shape index (κ1) is 13.1. The molecule has 0 fully saturated rings. The van der Waals surface area contributed by atoms with E-state index in [1.807, 2.05) is 0 Å². The van der Waals surface area contributed by atoms with E-state index in [0.717, 1.165) is 25.0 Å². The Morgan fingerprint density at radius 2 is 2.00 bits per heavy atom. The fourth-order valence-electron chi connectivity index (χ4n) is 2.68. The molecule has 4 rings (SSSR count). The van der Waals surface area contributed by atoms with Crippen LogP contribution < -0.4 is 5.56 Å². The van der Waals surface area contributed by atoms with E-state index in [1.165, 1.54) is 6.07 Å². The lowest BCUT2D eigenvalue weighted by Gasteiger charge is -2.15. The highest BCUT2D eigenvalue weighted by molar-refractivity contribution is 5.71. The Hall–Kier alpha value is -2.57. The van der Waals surface area contributed by atoms with Gasteiger partial charge in [-0.15, -0.1) is 0 Å². The second-order valence-corrected chi connectivity index (χ2v) is 5.24. The van der Waals surface area contributed by atoms with Gasteiger partial charge >= 0.3 is 0 Å². The molecular formula is C15H11F2N3O2. The molecule has 0 saturated heterocycles. The lowest BCUT2D eigenvalue weighted by atomic mass is 10.1. The SMILES string of the molecule is O=c1c2nc(-c3ccc(F)c(F)c3)oc2nc2n1CCCC2. The number of halogens is 2. The van der Waals surface area contributed by atoms with Gasteiger partial charge in [0, 0.05) is 18.5 Å². The highest BCUT2D eigenvalue weighted by atomic mass is 19.2. The molecule has 2 aromatic heterocycles. The molecule has 3 aromatic rings. The van der Waals surface area contributed by atoms with Crippen LogP contribution in [0.15, 0.2) is 27.4 Å². The van der Waals surface area contributed by atoms with Crippen LogP contribution >= 0.6 is 0 Å². The summed E-state index contributed by atoms with van der Waals surface area (Å²) < 4.78 is 33.4. The van der Waals surface area contributed by atoms with E-state index in [9.17, 15) is 13.6 Å². The zero-order valence-electron chi connectivity index (χ0n) is 11.5. The second-order valence-electron chi connectivity index (χ2n) is 5.24. The number of nitrogens with zero attached hydrogens (tertiary/aromatic N) is 3. The van der Waals surface area contributed by atoms with Crippen molar-refractivity contribution in [2.24, 2.45) is 0 Å². The van der Waals surface area contributed by atoms with Gasteiger partial charge in [0.1, 0.15) is 5.82 Å². The van der Waals surface area contributed by atoms with Crippen LogP contribution in [0, 0.1) is 11.6 Å². The third-order valence-corrected chi connectivity index (χ3v) is 3.80. The van der Waals surface area contributed by atoms with Gasteiger partial charge in [-0.3, -0.25) is 9.36 Å². The summed E-state index contributed by atoms with van der Waals surface area (Å²) in [4.78, 5) is 20.8. The predicted molar refractivity (Wildman–Crippen MR) is 74.4 cm³/mol. The molecule has 112 valence electrons. The van der Waals surface area contributed by atoms with Crippen molar-refractivity contribution in [2.75, 3.05) is 0 Å². The largest absolute Gasteiger partial charge is 0.417 e. The Labute approximate surface area is 123 Å². The maximum atomic E-state index is 13.3. The normalized spacial score (nSPS) is 14.3. The van der Waals surface area contributed by atoms with Gasteiger partial charge in [-0.25, -0.2) is 13.8 Å². The van der Waals surface area contributed by atoms with Gasteiger partial charge in [0.15, 0.2) is 17.2 Å². The quantitative estimate of drug-likeness (QED) is 0.693. The minimum Gasteiger partial charge on any atom is -0.417 e. The van der Waals surface area contributed by atoms with E-state index in [-0.39, 0.29) is 28.2 Å². The van der Waals surface area contributed by atoms with Crippen molar-refractivity contribution in [3.8, 4) is 11.5 Å². The molecular weight excluding hydrogens is 292 g/mol. The molecule has 0 atom stereocenters. The molecule has 0 bridgehead atoms. The van der Waals surface area contributed by atoms with Crippen LogP contribution in [0.5, 0.6) is 0 Å². The Kier molecular flexibility index (Phi) is 2.82. The van der Waals surface area contributed by atoms with Gasteiger partial charge in [0.2, 0.25) is 5.89 Å². The number of aryl methyl sites for hydroxylation is 1. The molecule has 22 heavy (non-hydrogen) atoms. The van der Waals surface area contributed by atoms with E-state index in [1.54, 1.807) is 4.57 Å². The minimum absolute atomic E-state index is 0.0569. The average molecular weight is 303 g/mol. The van der Waals surface area contributed by atoms with Gasteiger partial charge < -0.3 is 4.42 Å². The molecule has 0 aliphatic carbocycles. The number of oxazole rings is 1. The fourth-order valence-corrected chi connectivity index (χ4v) is 2.68. The molecule has 0 amide bonds. The summed E-state index contributed by atoms with van der Waals surface area (Å²) in [6.45, 7) is 0.616. The van der Waals surface area contributed by atoms with Crippen molar-refractivity contribution >= 4 is 11.2 Å². The maximum Gasteiger partial charge on any atom is 0.283 e. The Bertz CT molecular complexity index is 946. The highest BCUT2D eigenvalue weighted by Gasteiger charge is 2.20. The number of hydrogen-bond donors (Lipinski definition) is 0. The van der Waals surface area contributed by atoms with Crippen molar-refractivity contribution < 1.29 is 13.2 Å². The molecule has 5 nitrogen and oxygen atoms in total. The molecule has 1 aromatic carbocycles. The van der Waals surface area contributed by atoms with Gasteiger partial charge in [0.05, 0.1) is 0 Å². The minimum atomic E-state index is -0.997. The standard InChI is InChI=1S/C15H11F2N3O2/c16-9-5-4-8(7-10(9)17)13-19-12-14(22-13)18-11-3-1-2-6-20(11)15(12)21/h4-5,7H,1-3,6H2. The average Bonchev–Trinajstić information content (AvgIpc) is 2.94. The summed E-state index contributed by atoms with van der Waals surface area (Å²) in [6.07, 6.45) is 2.61. The molecule has 1 aliphatic rings. The van der Waals surface area contributed by atoms with E-state index < -0.39 is 11.6 Å². The third-order valence-electron chi connectivity index (χ3n) is 3.80. The fraction of sp³-hybridized carbons (Fsp3) is 0.267. The second kappa shape index (κ2) is 4.72. The topological polar surface area (TPSA) is 60.9 Å². The van der Waals surface area contributed by atoms with Gasteiger partial charge in [-0.1, -0.05) is 0 Å². The first-order valence-electron chi connectivity index (χ1n) is 6.99. The van der Waals surface area contributed by atoms with Crippen molar-refractivity contribution in [2.45, 2.75) is 25.8 Å². The van der Waals surface area contributed by atoms with E-state index in [4.69, 9.17) is 4.42 Å². The first-order valence-corrected chi connectivity index (χ1v) is 6.99. The lowest BCUT2D eigenvalue weighted by Crippen LogP contribution is -2.28. The van der Waals surface area contributed by atoms with Crippen LogP contribution in [0.2, 0.25) is 0 Å². The molecule has 0 spiro atoms. The first-order chi connectivity index (χ1) is 10.6. The van der Waals surface area contributed by atoms with Crippen molar-refractivity contribution in [1.82, 2.24) is 14.5 Å². The van der Waals surface area contributed by atoms with Gasteiger partial charge in [-0.05, 0) is 31.0 Å².